The maximum atomic E-state index is 14.4. The number of morpholine rings is 1. The number of rotatable bonds is 12. The molecule has 53 heavy (non-hydrogen) atoms. The summed E-state index contributed by atoms with van der Waals surface area (Å²) in [4.78, 5) is 29.7. The van der Waals surface area contributed by atoms with Crippen LogP contribution in [0.5, 0.6) is 5.75 Å². The first-order valence-electron chi connectivity index (χ1n) is 18.7. The number of nitrogens with zero attached hydrogens (tertiary/aromatic N) is 6. The van der Waals surface area contributed by atoms with E-state index in [1.165, 1.54) is 9.87 Å². The van der Waals surface area contributed by atoms with Gasteiger partial charge in [0.2, 0.25) is 0 Å². The Morgan fingerprint density at radius 3 is 2.36 bits per heavy atom. The number of methoxy groups -OCH3 is 1. The van der Waals surface area contributed by atoms with Crippen LogP contribution in [0.3, 0.4) is 0 Å². The Morgan fingerprint density at radius 1 is 1.04 bits per heavy atom. The van der Waals surface area contributed by atoms with Crippen LogP contribution >= 0.6 is 0 Å². The van der Waals surface area contributed by atoms with Gasteiger partial charge in [0.25, 0.3) is 11.8 Å². The first-order chi connectivity index (χ1) is 25.4. The molecule has 2 aliphatic rings. The molecule has 0 saturated carbocycles. The highest BCUT2D eigenvalue weighted by atomic mass is 32.2. The van der Waals surface area contributed by atoms with Gasteiger partial charge in [0.15, 0.2) is 16.9 Å². The van der Waals surface area contributed by atoms with Gasteiger partial charge in [0.05, 0.1) is 37.3 Å². The van der Waals surface area contributed by atoms with Crippen LogP contribution in [0.4, 0.5) is 0 Å². The van der Waals surface area contributed by atoms with Crippen LogP contribution in [0.25, 0.3) is 33.8 Å². The van der Waals surface area contributed by atoms with E-state index in [1.54, 1.807) is 21.2 Å². The average molecular weight is 744 g/mol. The summed E-state index contributed by atoms with van der Waals surface area (Å²) in [7, 11) is 4.96. The lowest BCUT2D eigenvalue weighted by Crippen LogP contribution is -2.48. The number of hydrogen-bond donors (Lipinski definition) is 1. The van der Waals surface area contributed by atoms with Crippen LogP contribution in [0.2, 0.25) is 0 Å². The minimum Gasteiger partial charge on any atom is -0.497 e. The predicted molar refractivity (Wildman–Crippen MR) is 210 cm³/mol. The molecule has 13 heteroatoms. The molecule has 2 amide bonds. The van der Waals surface area contributed by atoms with Crippen LogP contribution in [0.15, 0.2) is 36.4 Å². The number of amides is 2. The van der Waals surface area contributed by atoms with E-state index in [4.69, 9.17) is 9.47 Å². The lowest BCUT2D eigenvalue weighted by molar-refractivity contribution is -0.0587. The third-order valence-electron chi connectivity index (χ3n) is 10.1. The van der Waals surface area contributed by atoms with Crippen molar-refractivity contribution in [2.75, 3.05) is 34.3 Å². The third kappa shape index (κ3) is 7.56. The van der Waals surface area contributed by atoms with E-state index in [0.29, 0.717) is 36.6 Å². The Balaban J connectivity index is 1.62. The van der Waals surface area contributed by atoms with E-state index in [-0.39, 0.29) is 30.1 Å². The number of allylic oxidation sites excluding steroid dienone is 1. The van der Waals surface area contributed by atoms with Gasteiger partial charge in [-0.1, -0.05) is 38.0 Å². The summed E-state index contributed by atoms with van der Waals surface area (Å²) in [5, 5.41) is 10.2. The van der Waals surface area contributed by atoms with E-state index in [0.717, 1.165) is 64.7 Å². The molecular weight excluding hydrogens is 691 g/mol. The molecule has 2 aromatic carbocycles. The fourth-order valence-corrected chi connectivity index (χ4v) is 8.35. The van der Waals surface area contributed by atoms with Gasteiger partial charge in [0, 0.05) is 60.8 Å². The van der Waals surface area contributed by atoms with Gasteiger partial charge in [0.1, 0.15) is 5.75 Å². The molecule has 0 bridgehead atoms. The van der Waals surface area contributed by atoms with Crippen molar-refractivity contribution in [1.82, 2.24) is 33.5 Å². The zero-order chi connectivity index (χ0) is 38.1. The van der Waals surface area contributed by atoms with Gasteiger partial charge in [-0.15, -0.1) is 5.10 Å². The van der Waals surface area contributed by atoms with Crippen LogP contribution in [0, 0.1) is 0 Å². The number of carbonyl (C=O) groups is 2. The summed E-state index contributed by atoms with van der Waals surface area (Å²) in [6.07, 6.45) is 6.01. The highest BCUT2D eigenvalue weighted by Gasteiger charge is 2.35. The van der Waals surface area contributed by atoms with Gasteiger partial charge < -0.3 is 18.9 Å². The van der Waals surface area contributed by atoms with E-state index in [2.05, 4.69) is 45.6 Å². The Kier molecular flexibility index (Phi) is 11.6. The van der Waals surface area contributed by atoms with Crippen molar-refractivity contribution in [3.8, 4) is 17.0 Å². The SMILES string of the molecule is CCCC(CCC)c1c2n(c3cc(C(=O)NS(=O)N(C)C)ccc13)CC(c1c(C(=O)N3C[C@@H](C)O[C@@H](C)C3)nnn1C(C)C)=Cc1cc(OC)ccc1-2. The molecule has 284 valence electrons. The molecule has 6 rings (SSSR count). The van der Waals surface area contributed by atoms with Crippen LogP contribution in [0.1, 0.15) is 117 Å². The number of nitrogens with one attached hydrogen (secondary N) is 1. The van der Waals surface area contributed by atoms with Crippen LogP contribution < -0.4 is 9.46 Å². The zero-order valence-electron chi connectivity index (χ0n) is 32.4. The van der Waals surface area contributed by atoms with E-state index >= 15 is 0 Å². The smallest absolute Gasteiger partial charge is 0.276 e. The molecule has 4 aromatic rings. The van der Waals surface area contributed by atoms with Crippen LogP contribution in [-0.2, 0) is 22.5 Å². The second-order valence-corrected chi connectivity index (χ2v) is 16.2. The molecule has 1 unspecified atom stereocenters. The van der Waals surface area contributed by atoms with Crippen molar-refractivity contribution in [2.24, 2.45) is 0 Å². The molecule has 0 radical (unpaired) electrons. The summed E-state index contributed by atoms with van der Waals surface area (Å²) in [6.45, 7) is 13.8. The fourth-order valence-electron chi connectivity index (χ4n) is 7.89. The molecule has 1 saturated heterocycles. The second-order valence-electron chi connectivity index (χ2n) is 14.8. The first kappa shape index (κ1) is 38.4. The maximum absolute atomic E-state index is 14.4. The number of hydrogen-bond acceptors (Lipinski definition) is 7. The highest BCUT2D eigenvalue weighted by molar-refractivity contribution is 7.81. The lowest BCUT2D eigenvalue weighted by atomic mass is 9.86. The summed E-state index contributed by atoms with van der Waals surface area (Å²) in [5.74, 6) is 0.390. The number of fused-ring (bicyclic) bond motifs is 5. The lowest BCUT2D eigenvalue weighted by Gasteiger charge is -2.35. The van der Waals surface area contributed by atoms with E-state index in [9.17, 15) is 13.8 Å². The van der Waals surface area contributed by atoms with Crippen molar-refractivity contribution in [2.45, 2.75) is 97.9 Å². The van der Waals surface area contributed by atoms with Gasteiger partial charge in [-0.25, -0.2) is 13.2 Å². The molecule has 2 aliphatic heterocycles. The van der Waals surface area contributed by atoms with Crippen LogP contribution in [-0.4, -0.2) is 91.3 Å². The predicted octanol–water partition coefficient (Wildman–Crippen LogP) is 6.85. The third-order valence-corrected chi connectivity index (χ3v) is 11.2. The number of aromatic nitrogens is 4. The van der Waals surface area contributed by atoms with Crippen molar-refractivity contribution in [3.63, 3.8) is 0 Å². The molecule has 2 aromatic heterocycles. The number of ether oxygens (including phenoxy) is 2. The topological polar surface area (TPSA) is 124 Å². The monoisotopic (exact) mass is 743 g/mol. The molecular formula is C40H53N7O5S. The van der Waals surface area contributed by atoms with Gasteiger partial charge in [-0.3, -0.25) is 14.3 Å². The summed E-state index contributed by atoms with van der Waals surface area (Å²) < 4.78 is 32.5. The molecule has 0 spiro atoms. The van der Waals surface area contributed by atoms with Crippen molar-refractivity contribution < 1.29 is 23.3 Å². The molecule has 0 aliphatic carbocycles. The van der Waals surface area contributed by atoms with Gasteiger partial charge in [-0.2, -0.15) is 0 Å². The summed E-state index contributed by atoms with van der Waals surface area (Å²) >= 11 is -1.68. The van der Waals surface area contributed by atoms with Crippen molar-refractivity contribution >= 4 is 45.5 Å². The van der Waals surface area contributed by atoms with E-state index in [1.807, 2.05) is 67.6 Å². The summed E-state index contributed by atoms with van der Waals surface area (Å²) in [6, 6.07) is 11.8. The largest absolute Gasteiger partial charge is 0.497 e. The fraction of sp³-hybridized carbons (Fsp3) is 0.500. The first-order valence-corrected chi connectivity index (χ1v) is 19.8. The normalized spacial score (nSPS) is 17.9. The van der Waals surface area contributed by atoms with Gasteiger partial charge in [-0.05, 0) is 94.0 Å². The molecule has 3 atom stereocenters. The Bertz CT molecular complexity index is 2050. The maximum Gasteiger partial charge on any atom is 0.276 e. The number of benzene rings is 2. The second kappa shape index (κ2) is 16.0. The standard InChI is InChI=1S/C40H53N7O5S/c1-10-12-27(13-11-2)35-33-16-14-28(39(48)42-53(50)44(7)8)20-34(33)46-23-30(18-29-19-31(51-9)15-17-32(29)38(35)46)37-36(41-43-47(37)24(3)4)40(49)45-21-25(5)52-26(6)22-45/h14-20,24-27H,10-13,21-23H2,1-9H3,(H,42,48)/t25-,26+,53?. The Morgan fingerprint density at radius 2 is 1.74 bits per heavy atom. The Hall–Kier alpha value is -4.33. The quantitative estimate of drug-likeness (QED) is 0.169. The summed E-state index contributed by atoms with van der Waals surface area (Å²) in [5.41, 5.74) is 7.45. The van der Waals surface area contributed by atoms with Crippen molar-refractivity contribution in [1.29, 1.82) is 0 Å². The van der Waals surface area contributed by atoms with Crippen molar-refractivity contribution in [3.05, 3.63) is 64.5 Å². The molecule has 1 N–H and O–H groups in total. The van der Waals surface area contributed by atoms with Gasteiger partial charge >= 0.3 is 0 Å². The Labute approximate surface area is 315 Å². The van der Waals surface area contributed by atoms with E-state index < -0.39 is 17.1 Å². The number of carbonyl (C=O) groups excluding carboxylic acids is 2. The molecule has 4 heterocycles. The minimum absolute atomic E-state index is 0.0849. The molecule has 12 nitrogen and oxygen atoms in total. The average Bonchev–Trinajstić information content (AvgIpc) is 3.65. The highest BCUT2D eigenvalue weighted by Crippen LogP contribution is 2.47. The zero-order valence-corrected chi connectivity index (χ0v) is 33.2. The molecule has 1 fully saturated rings. The minimum atomic E-state index is -1.68.